The van der Waals surface area contributed by atoms with Gasteiger partial charge in [0.1, 0.15) is 24.1 Å². The Balaban J connectivity index is 2.24. The van der Waals surface area contributed by atoms with Gasteiger partial charge in [-0.05, 0) is 6.42 Å². The van der Waals surface area contributed by atoms with Crippen molar-refractivity contribution < 1.29 is 25.2 Å². The van der Waals surface area contributed by atoms with Gasteiger partial charge in [0.2, 0.25) is 11.5 Å². The van der Waals surface area contributed by atoms with Gasteiger partial charge in [0, 0.05) is 0 Å². The first-order valence-corrected chi connectivity index (χ1v) is 6.74. The number of ether oxygens (including phenoxy) is 1. The number of imidazole rings is 1. The zero-order chi connectivity index (χ0) is 16.1. The number of hydrogen-bond acceptors (Lipinski definition) is 9. The van der Waals surface area contributed by atoms with E-state index in [0.29, 0.717) is 0 Å². The molecule has 1 fully saturated rings. The Bertz CT molecular complexity index is 704. The van der Waals surface area contributed by atoms with Gasteiger partial charge in [-0.2, -0.15) is 0 Å². The summed E-state index contributed by atoms with van der Waals surface area (Å²) in [5.74, 6) is -2.52. The molecule has 1 aliphatic rings. The van der Waals surface area contributed by atoms with Gasteiger partial charge < -0.3 is 30.9 Å². The number of aromatic nitrogens is 4. The lowest BCUT2D eigenvalue weighted by Gasteiger charge is -2.38. The highest BCUT2D eigenvalue weighted by atomic mass is 16.6. The lowest BCUT2D eigenvalue weighted by atomic mass is 9.95. The topological polar surface area (TPSA) is 160 Å². The fourth-order valence-corrected chi connectivity index (χ4v) is 2.89. The van der Waals surface area contributed by atoms with Gasteiger partial charge in [-0.1, -0.05) is 6.92 Å². The Kier molecular flexibility index (Phi) is 3.30. The highest BCUT2D eigenvalue weighted by molar-refractivity contribution is 5.81. The molecule has 3 heterocycles. The second kappa shape index (κ2) is 4.83. The first-order valence-electron chi connectivity index (χ1n) is 6.74. The van der Waals surface area contributed by atoms with Gasteiger partial charge in [0.25, 0.3) is 0 Å². The molecule has 1 aliphatic heterocycles. The van der Waals surface area contributed by atoms with Crippen LogP contribution in [0.15, 0.2) is 12.7 Å². The van der Waals surface area contributed by atoms with Gasteiger partial charge in [-0.3, -0.25) is 4.57 Å². The normalized spacial score (nSPS) is 31.0. The predicted molar refractivity (Wildman–Crippen MR) is 73.1 cm³/mol. The molecule has 0 aromatic carbocycles. The van der Waals surface area contributed by atoms with Crippen LogP contribution in [0.3, 0.4) is 0 Å². The lowest BCUT2D eigenvalue weighted by Crippen LogP contribution is -2.57. The third-order valence-corrected chi connectivity index (χ3v) is 4.10. The molecule has 0 radical (unpaired) electrons. The van der Waals surface area contributed by atoms with Gasteiger partial charge in [-0.25, -0.2) is 15.0 Å². The molecule has 22 heavy (non-hydrogen) atoms. The molecule has 0 amide bonds. The maximum absolute atomic E-state index is 10.4. The summed E-state index contributed by atoms with van der Waals surface area (Å²) in [6.45, 7) is 1.07. The molecule has 0 saturated carbocycles. The largest absolute Gasteiger partial charge is 0.394 e. The molecule has 0 aliphatic carbocycles. The molecule has 1 saturated heterocycles. The Morgan fingerprint density at radius 3 is 2.68 bits per heavy atom. The molecule has 0 unspecified atom stereocenters. The SMILES string of the molecule is CC[C@@]1(n2cnc3c(N)ncnc32)O[C@H](CO)[C@@H](O)C1(O)O. The molecule has 2 aromatic heterocycles. The molecule has 120 valence electrons. The van der Waals surface area contributed by atoms with Crippen molar-refractivity contribution in [3.05, 3.63) is 12.7 Å². The number of aliphatic hydroxyl groups is 4. The summed E-state index contributed by atoms with van der Waals surface area (Å²) < 4.78 is 6.88. The monoisotopic (exact) mass is 311 g/mol. The molecule has 0 bridgehead atoms. The van der Waals surface area contributed by atoms with Crippen LogP contribution in [0.5, 0.6) is 0 Å². The molecule has 6 N–H and O–H groups in total. The van der Waals surface area contributed by atoms with Crippen LogP contribution in [0.2, 0.25) is 0 Å². The number of nitrogens with zero attached hydrogens (tertiary/aromatic N) is 4. The van der Waals surface area contributed by atoms with Crippen molar-refractivity contribution in [2.75, 3.05) is 12.3 Å². The minimum Gasteiger partial charge on any atom is -0.394 e. The molecule has 10 heteroatoms. The second-order valence-corrected chi connectivity index (χ2v) is 5.19. The highest BCUT2D eigenvalue weighted by Crippen LogP contribution is 2.45. The number of nitrogen functional groups attached to an aromatic ring is 1. The van der Waals surface area contributed by atoms with E-state index in [1.54, 1.807) is 6.92 Å². The average Bonchev–Trinajstić information content (AvgIpc) is 3.01. The average molecular weight is 311 g/mol. The number of hydrogen-bond donors (Lipinski definition) is 5. The van der Waals surface area contributed by atoms with E-state index in [0.717, 1.165) is 0 Å². The third kappa shape index (κ3) is 1.69. The van der Waals surface area contributed by atoms with Crippen LogP contribution in [0.4, 0.5) is 5.82 Å². The smallest absolute Gasteiger partial charge is 0.242 e. The van der Waals surface area contributed by atoms with Crippen LogP contribution < -0.4 is 5.73 Å². The fourth-order valence-electron chi connectivity index (χ4n) is 2.89. The van der Waals surface area contributed by atoms with Crippen LogP contribution in [0.25, 0.3) is 11.2 Å². The number of fused-ring (bicyclic) bond motifs is 1. The quantitative estimate of drug-likeness (QED) is 0.400. The van der Waals surface area contributed by atoms with E-state index in [2.05, 4.69) is 15.0 Å². The molecule has 2 aromatic rings. The second-order valence-electron chi connectivity index (χ2n) is 5.19. The lowest BCUT2D eigenvalue weighted by molar-refractivity contribution is -0.300. The predicted octanol–water partition coefficient (Wildman–Crippen LogP) is -2.10. The van der Waals surface area contributed by atoms with E-state index in [1.807, 2.05) is 0 Å². The first kappa shape index (κ1) is 15.1. The number of rotatable bonds is 3. The van der Waals surface area contributed by atoms with Crippen LogP contribution in [-0.4, -0.2) is 64.5 Å². The molecular formula is C12H17N5O5. The Morgan fingerprint density at radius 1 is 1.36 bits per heavy atom. The zero-order valence-electron chi connectivity index (χ0n) is 11.8. The van der Waals surface area contributed by atoms with E-state index >= 15 is 0 Å². The van der Waals surface area contributed by atoms with Crippen LogP contribution >= 0.6 is 0 Å². The van der Waals surface area contributed by atoms with Crippen molar-refractivity contribution in [2.45, 2.75) is 37.1 Å². The van der Waals surface area contributed by atoms with Gasteiger partial charge in [-0.15, -0.1) is 0 Å². The summed E-state index contributed by atoms with van der Waals surface area (Å²) in [4.78, 5) is 11.9. The van der Waals surface area contributed by atoms with Gasteiger partial charge in [0.05, 0.1) is 12.9 Å². The molecule has 10 nitrogen and oxygen atoms in total. The standard InChI is InChI=1S/C12H17N5O5/c1-2-11(12(20,21)8(19)6(3-18)22-11)17-5-16-7-9(13)14-4-15-10(7)17/h4-6,8,18-21H,2-3H2,1H3,(H2,13,14,15)/t6-,8-,11-/m1/s1. The summed E-state index contributed by atoms with van der Waals surface area (Å²) in [7, 11) is 0. The maximum Gasteiger partial charge on any atom is 0.242 e. The van der Waals surface area contributed by atoms with Crippen molar-refractivity contribution >= 4 is 17.0 Å². The van der Waals surface area contributed by atoms with Crippen molar-refractivity contribution in [3.8, 4) is 0 Å². The van der Waals surface area contributed by atoms with Gasteiger partial charge >= 0.3 is 0 Å². The maximum atomic E-state index is 10.4. The summed E-state index contributed by atoms with van der Waals surface area (Å²) in [5, 5.41) is 40.1. The van der Waals surface area contributed by atoms with Crippen molar-refractivity contribution in [1.82, 2.24) is 19.5 Å². The molecule has 3 rings (SSSR count). The van der Waals surface area contributed by atoms with Gasteiger partial charge in [0.15, 0.2) is 11.5 Å². The minimum atomic E-state index is -2.65. The molecule has 0 spiro atoms. The van der Waals surface area contributed by atoms with E-state index in [9.17, 15) is 20.4 Å². The molecular weight excluding hydrogens is 294 g/mol. The summed E-state index contributed by atoms with van der Waals surface area (Å²) >= 11 is 0. The van der Waals surface area contributed by atoms with Crippen LogP contribution in [-0.2, 0) is 10.5 Å². The van der Waals surface area contributed by atoms with Crippen molar-refractivity contribution in [1.29, 1.82) is 0 Å². The first-order chi connectivity index (χ1) is 10.4. The van der Waals surface area contributed by atoms with Crippen molar-refractivity contribution in [3.63, 3.8) is 0 Å². The Labute approximate surface area is 124 Å². The highest BCUT2D eigenvalue weighted by Gasteiger charge is 2.65. The van der Waals surface area contributed by atoms with E-state index < -0.39 is 30.3 Å². The van der Waals surface area contributed by atoms with Crippen LogP contribution in [0, 0.1) is 0 Å². The van der Waals surface area contributed by atoms with Crippen LogP contribution in [0.1, 0.15) is 13.3 Å². The summed E-state index contributed by atoms with van der Waals surface area (Å²) in [6, 6.07) is 0. The molecule has 3 atom stereocenters. The summed E-state index contributed by atoms with van der Waals surface area (Å²) in [6.07, 6.45) is -0.291. The zero-order valence-corrected chi connectivity index (χ0v) is 11.8. The third-order valence-electron chi connectivity index (χ3n) is 4.10. The van der Waals surface area contributed by atoms with E-state index in [-0.39, 0.29) is 23.4 Å². The summed E-state index contributed by atoms with van der Waals surface area (Å²) in [5.41, 5.74) is 4.45. The van der Waals surface area contributed by atoms with E-state index in [4.69, 9.17) is 10.5 Å². The van der Waals surface area contributed by atoms with Crippen molar-refractivity contribution in [2.24, 2.45) is 0 Å². The number of anilines is 1. The number of nitrogens with two attached hydrogens (primary N) is 1. The Hall–Kier alpha value is -1.85. The fraction of sp³-hybridized carbons (Fsp3) is 0.583. The Morgan fingerprint density at radius 2 is 2.09 bits per heavy atom. The van der Waals surface area contributed by atoms with E-state index in [1.165, 1.54) is 17.2 Å². The minimum absolute atomic E-state index is 0.0723. The number of aliphatic hydroxyl groups excluding tert-OH is 2.